The van der Waals surface area contributed by atoms with Crippen LogP contribution in [-0.4, -0.2) is 17.0 Å². The van der Waals surface area contributed by atoms with Gasteiger partial charge >= 0.3 is 11.9 Å². The second-order valence-electron chi connectivity index (χ2n) is 5.59. The fraction of sp³-hybridized carbons (Fsp3) is 0.412. The number of hydrogen-bond acceptors (Lipinski definition) is 5. The van der Waals surface area contributed by atoms with Crippen LogP contribution in [0.3, 0.4) is 0 Å². The van der Waals surface area contributed by atoms with Crippen molar-refractivity contribution in [3.8, 4) is 17.2 Å². The monoisotopic (exact) mass is 306 g/mol. The maximum Gasteiger partial charge on any atom is 0.314 e. The molecule has 22 heavy (non-hydrogen) atoms. The first-order valence-electron chi connectivity index (χ1n) is 7.16. The van der Waals surface area contributed by atoms with Crippen LogP contribution in [-0.2, 0) is 16.0 Å². The predicted octanol–water partition coefficient (Wildman–Crippen LogP) is 3.24. The Labute approximate surface area is 130 Å². The molecule has 0 spiro atoms. The molecular weight excluding hydrogens is 284 g/mol. The van der Waals surface area contributed by atoms with E-state index in [4.69, 9.17) is 9.47 Å². The number of benzene rings is 1. The van der Waals surface area contributed by atoms with Gasteiger partial charge in [-0.2, -0.15) is 0 Å². The first kappa shape index (κ1) is 17.8. The number of rotatable bonds is 6. The molecule has 1 rings (SSSR count). The van der Waals surface area contributed by atoms with Gasteiger partial charge in [0.15, 0.2) is 11.5 Å². The summed E-state index contributed by atoms with van der Waals surface area (Å²) in [5.74, 6) is -2.07. The average Bonchev–Trinajstić information content (AvgIpc) is 2.42. The number of hydrogen-bond donors (Lipinski definition) is 1. The molecule has 0 atom stereocenters. The van der Waals surface area contributed by atoms with Crippen LogP contribution in [0.4, 0.5) is 0 Å². The molecule has 5 heteroatoms. The molecule has 0 bridgehead atoms. The molecule has 0 unspecified atom stereocenters. The fourth-order valence-corrected chi connectivity index (χ4v) is 1.55. The van der Waals surface area contributed by atoms with E-state index in [0.717, 1.165) is 0 Å². The minimum Gasteiger partial charge on any atom is -0.504 e. The Morgan fingerprint density at radius 3 is 2.18 bits per heavy atom. The maximum atomic E-state index is 11.8. The van der Waals surface area contributed by atoms with Crippen LogP contribution in [0.5, 0.6) is 17.2 Å². The SMILES string of the molecule is C=CCc1cc(O)c(OC(=O)C(C)C)c(OC(=O)C(C)C)c1. The van der Waals surface area contributed by atoms with E-state index >= 15 is 0 Å². The smallest absolute Gasteiger partial charge is 0.314 e. The van der Waals surface area contributed by atoms with E-state index in [1.807, 2.05) is 0 Å². The molecule has 0 radical (unpaired) electrons. The Bertz CT molecular complexity index is 573. The molecule has 0 aliphatic heterocycles. The molecule has 1 aromatic carbocycles. The van der Waals surface area contributed by atoms with Gasteiger partial charge in [-0.25, -0.2) is 0 Å². The highest BCUT2D eigenvalue weighted by Gasteiger charge is 2.21. The van der Waals surface area contributed by atoms with Gasteiger partial charge in [-0.1, -0.05) is 33.8 Å². The van der Waals surface area contributed by atoms with E-state index < -0.39 is 11.9 Å². The number of aromatic hydroxyl groups is 1. The van der Waals surface area contributed by atoms with Gasteiger partial charge in [0.25, 0.3) is 0 Å². The lowest BCUT2D eigenvalue weighted by Crippen LogP contribution is -2.18. The van der Waals surface area contributed by atoms with Crippen LogP contribution >= 0.6 is 0 Å². The van der Waals surface area contributed by atoms with Crippen LogP contribution < -0.4 is 9.47 Å². The van der Waals surface area contributed by atoms with Crippen molar-refractivity contribution in [1.82, 2.24) is 0 Å². The number of carbonyl (C=O) groups is 2. The Hall–Kier alpha value is -2.30. The zero-order valence-electron chi connectivity index (χ0n) is 13.4. The minimum absolute atomic E-state index is 0.0320. The van der Waals surface area contributed by atoms with Gasteiger partial charge in [-0.15, -0.1) is 6.58 Å². The van der Waals surface area contributed by atoms with E-state index in [0.29, 0.717) is 12.0 Å². The summed E-state index contributed by atoms with van der Waals surface area (Å²) in [7, 11) is 0. The van der Waals surface area contributed by atoms with Gasteiger partial charge < -0.3 is 14.6 Å². The third-order valence-electron chi connectivity index (χ3n) is 2.83. The standard InChI is InChI=1S/C17H22O5/c1-6-7-12-8-13(18)15(22-17(20)11(4)5)14(9-12)21-16(19)10(2)3/h6,8-11,18H,1,7H2,2-5H3. The van der Waals surface area contributed by atoms with Crippen LogP contribution in [0, 0.1) is 11.8 Å². The summed E-state index contributed by atoms with van der Waals surface area (Å²) < 4.78 is 10.4. The molecule has 0 saturated heterocycles. The number of carbonyl (C=O) groups excluding carboxylic acids is 2. The van der Waals surface area contributed by atoms with Crippen LogP contribution in [0.25, 0.3) is 0 Å². The first-order valence-corrected chi connectivity index (χ1v) is 7.16. The number of esters is 2. The highest BCUT2D eigenvalue weighted by Crippen LogP contribution is 2.39. The molecule has 0 aliphatic carbocycles. The van der Waals surface area contributed by atoms with Crippen molar-refractivity contribution in [2.75, 3.05) is 0 Å². The quantitative estimate of drug-likeness (QED) is 0.496. The van der Waals surface area contributed by atoms with Gasteiger partial charge in [-0.05, 0) is 24.1 Å². The van der Waals surface area contributed by atoms with E-state index in [9.17, 15) is 14.7 Å². The highest BCUT2D eigenvalue weighted by atomic mass is 16.6. The Balaban J connectivity index is 3.23. The Kier molecular flexibility index (Phi) is 6.16. The molecule has 120 valence electrons. The molecule has 1 N–H and O–H groups in total. The molecule has 0 saturated carbocycles. The zero-order valence-corrected chi connectivity index (χ0v) is 13.4. The lowest BCUT2D eigenvalue weighted by atomic mass is 10.1. The van der Waals surface area contributed by atoms with Gasteiger partial charge in [0.05, 0.1) is 11.8 Å². The Morgan fingerprint density at radius 2 is 1.68 bits per heavy atom. The third kappa shape index (κ3) is 4.62. The van der Waals surface area contributed by atoms with E-state index in [2.05, 4.69) is 6.58 Å². The summed E-state index contributed by atoms with van der Waals surface area (Å²) in [5, 5.41) is 10.1. The number of ether oxygens (including phenoxy) is 2. The van der Waals surface area contributed by atoms with Crippen molar-refractivity contribution in [2.24, 2.45) is 11.8 Å². The van der Waals surface area contributed by atoms with Crippen molar-refractivity contribution < 1.29 is 24.2 Å². The van der Waals surface area contributed by atoms with Crippen molar-refractivity contribution in [1.29, 1.82) is 0 Å². The van der Waals surface area contributed by atoms with E-state index in [-0.39, 0.29) is 29.1 Å². The Morgan fingerprint density at radius 1 is 1.14 bits per heavy atom. The summed E-state index contributed by atoms with van der Waals surface area (Å²) in [6, 6.07) is 3.02. The number of allylic oxidation sites excluding steroid dienone is 1. The number of phenolic OH excluding ortho intramolecular Hbond substituents is 1. The summed E-state index contributed by atoms with van der Waals surface area (Å²) in [6.45, 7) is 10.3. The second-order valence-corrected chi connectivity index (χ2v) is 5.59. The average molecular weight is 306 g/mol. The first-order chi connectivity index (χ1) is 10.3. The molecular formula is C17H22O5. The zero-order chi connectivity index (χ0) is 16.9. The molecule has 5 nitrogen and oxygen atoms in total. The van der Waals surface area contributed by atoms with Crippen molar-refractivity contribution in [3.05, 3.63) is 30.4 Å². The van der Waals surface area contributed by atoms with Gasteiger partial charge in [-0.3, -0.25) is 9.59 Å². The topological polar surface area (TPSA) is 72.8 Å². The predicted molar refractivity (Wildman–Crippen MR) is 83.0 cm³/mol. The normalized spacial score (nSPS) is 10.6. The molecule has 0 aromatic heterocycles. The lowest BCUT2D eigenvalue weighted by Gasteiger charge is -2.15. The van der Waals surface area contributed by atoms with Crippen LogP contribution in [0.2, 0.25) is 0 Å². The van der Waals surface area contributed by atoms with Crippen LogP contribution in [0.1, 0.15) is 33.3 Å². The molecule has 0 amide bonds. The summed E-state index contributed by atoms with van der Waals surface area (Å²) >= 11 is 0. The lowest BCUT2D eigenvalue weighted by molar-refractivity contribution is -0.140. The van der Waals surface area contributed by atoms with E-state index in [1.165, 1.54) is 6.07 Å². The van der Waals surface area contributed by atoms with Crippen molar-refractivity contribution in [3.63, 3.8) is 0 Å². The van der Waals surface area contributed by atoms with Gasteiger partial charge in [0.2, 0.25) is 5.75 Å². The second kappa shape index (κ2) is 7.64. The van der Waals surface area contributed by atoms with Crippen molar-refractivity contribution in [2.45, 2.75) is 34.1 Å². The minimum atomic E-state index is -0.520. The fourth-order valence-electron chi connectivity index (χ4n) is 1.55. The van der Waals surface area contributed by atoms with Gasteiger partial charge in [0, 0.05) is 0 Å². The number of phenols is 1. The van der Waals surface area contributed by atoms with Crippen LogP contribution in [0.15, 0.2) is 24.8 Å². The third-order valence-corrected chi connectivity index (χ3v) is 2.83. The summed E-state index contributed by atoms with van der Waals surface area (Å²) in [5.41, 5.74) is 0.698. The largest absolute Gasteiger partial charge is 0.504 e. The summed E-state index contributed by atoms with van der Waals surface area (Å²) in [6.07, 6.45) is 2.14. The molecule has 0 aliphatic rings. The van der Waals surface area contributed by atoms with E-state index in [1.54, 1.807) is 39.8 Å². The highest BCUT2D eigenvalue weighted by molar-refractivity contribution is 5.79. The molecule has 1 aromatic rings. The van der Waals surface area contributed by atoms with Crippen molar-refractivity contribution >= 4 is 11.9 Å². The van der Waals surface area contributed by atoms with Gasteiger partial charge in [0.1, 0.15) is 0 Å². The maximum absolute atomic E-state index is 11.8. The summed E-state index contributed by atoms with van der Waals surface area (Å²) in [4.78, 5) is 23.6. The molecule has 0 fully saturated rings. The molecule has 0 heterocycles.